The van der Waals surface area contributed by atoms with E-state index in [2.05, 4.69) is 9.40 Å². The summed E-state index contributed by atoms with van der Waals surface area (Å²) in [6, 6.07) is 2.08. The van der Waals surface area contributed by atoms with Crippen LogP contribution >= 0.6 is 0 Å². The number of aromatic nitrogens is 1. The van der Waals surface area contributed by atoms with Crippen molar-refractivity contribution in [3.05, 3.63) is 41.8 Å². The van der Waals surface area contributed by atoms with Gasteiger partial charge in [0, 0.05) is 5.56 Å². The Balaban J connectivity index is 2.76. The first kappa shape index (κ1) is 13.4. The molecule has 8 heteroatoms. The van der Waals surface area contributed by atoms with E-state index in [9.17, 15) is 26.3 Å². The van der Waals surface area contributed by atoms with Crippen molar-refractivity contribution in [2.24, 2.45) is 0 Å². The standard InChI is InChI=1S/C11H4F6NO/c12-10(13,14)7-3-1-2-6(8(7)11(15,16)17)9-18-4-5-19-9/h1-4H. The first-order chi connectivity index (χ1) is 8.71. The van der Waals surface area contributed by atoms with E-state index < -0.39 is 34.9 Å². The molecular weight excluding hydrogens is 276 g/mol. The molecule has 0 saturated carbocycles. The largest absolute Gasteiger partial charge is 0.433 e. The van der Waals surface area contributed by atoms with Crippen LogP contribution < -0.4 is 0 Å². The highest BCUT2D eigenvalue weighted by Gasteiger charge is 2.45. The Labute approximate surface area is 102 Å². The molecule has 0 N–H and O–H groups in total. The highest BCUT2D eigenvalue weighted by atomic mass is 19.4. The summed E-state index contributed by atoms with van der Waals surface area (Å²) in [6.07, 6.45) is -7.36. The summed E-state index contributed by atoms with van der Waals surface area (Å²) in [7, 11) is 0. The number of oxazole rings is 1. The minimum Gasteiger partial charge on any atom is -0.433 e. The normalized spacial score (nSPS) is 12.7. The van der Waals surface area contributed by atoms with Gasteiger partial charge in [0.2, 0.25) is 5.89 Å². The Morgan fingerprint density at radius 1 is 1.00 bits per heavy atom. The maximum atomic E-state index is 12.9. The second-order valence-electron chi connectivity index (χ2n) is 3.51. The van der Waals surface area contributed by atoms with Crippen LogP contribution in [0.3, 0.4) is 0 Å². The van der Waals surface area contributed by atoms with Gasteiger partial charge in [0.05, 0.1) is 17.3 Å². The Morgan fingerprint density at radius 3 is 2.16 bits per heavy atom. The van der Waals surface area contributed by atoms with Crippen LogP contribution in [0.2, 0.25) is 0 Å². The molecule has 0 aliphatic heterocycles. The van der Waals surface area contributed by atoms with Crippen LogP contribution in [0.15, 0.2) is 28.8 Å². The third-order valence-electron chi connectivity index (χ3n) is 2.27. The molecule has 101 valence electrons. The molecule has 0 saturated heterocycles. The quantitative estimate of drug-likeness (QED) is 0.732. The van der Waals surface area contributed by atoms with Crippen molar-refractivity contribution in [2.75, 3.05) is 0 Å². The van der Waals surface area contributed by atoms with E-state index in [1.165, 1.54) is 0 Å². The first-order valence-corrected chi connectivity index (χ1v) is 4.81. The maximum Gasteiger partial charge on any atom is 0.417 e. The molecule has 0 aliphatic carbocycles. The van der Waals surface area contributed by atoms with Crippen molar-refractivity contribution in [3.8, 4) is 11.5 Å². The van der Waals surface area contributed by atoms with Crippen molar-refractivity contribution in [1.29, 1.82) is 0 Å². The molecule has 0 aliphatic rings. The molecule has 19 heavy (non-hydrogen) atoms. The van der Waals surface area contributed by atoms with Crippen molar-refractivity contribution < 1.29 is 30.8 Å². The summed E-state index contributed by atoms with van der Waals surface area (Å²) in [4.78, 5) is 3.39. The van der Waals surface area contributed by atoms with Crippen LogP contribution in [0.25, 0.3) is 11.5 Å². The summed E-state index contributed by atoms with van der Waals surface area (Å²) < 4.78 is 81.0. The van der Waals surface area contributed by atoms with Gasteiger partial charge in [-0.05, 0) is 12.1 Å². The molecule has 2 aromatic rings. The van der Waals surface area contributed by atoms with Crippen LogP contribution in [-0.2, 0) is 12.4 Å². The van der Waals surface area contributed by atoms with E-state index in [1.54, 1.807) is 0 Å². The lowest BCUT2D eigenvalue weighted by molar-refractivity contribution is -0.161. The van der Waals surface area contributed by atoms with Gasteiger partial charge >= 0.3 is 12.4 Å². The third-order valence-corrected chi connectivity index (χ3v) is 2.27. The van der Waals surface area contributed by atoms with Gasteiger partial charge in [0.1, 0.15) is 0 Å². The second-order valence-corrected chi connectivity index (χ2v) is 3.51. The van der Waals surface area contributed by atoms with Gasteiger partial charge in [-0.2, -0.15) is 26.3 Å². The lowest BCUT2D eigenvalue weighted by atomic mass is 10.00. The van der Waals surface area contributed by atoms with E-state index in [1.807, 2.05) is 6.26 Å². The highest BCUT2D eigenvalue weighted by molar-refractivity contribution is 5.62. The summed E-state index contributed by atoms with van der Waals surface area (Å²) in [5.74, 6) is -0.571. The van der Waals surface area contributed by atoms with Crippen molar-refractivity contribution in [3.63, 3.8) is 0 Å². The number of nitrogens with zero attached hydrogens (tertiary/aromatic N) is 1. The van der Waals surface area contributed by atoms with E-state index in [4.69, 9.17) is 0 Å². The SMILES string of the molecule is FC(F)(F)c1cccc(-c2nc[c]o2)c1C(F)(F)F. The molecule has 0 fully saturated rings. The monoisotopic (exact) mass is 280 g/mol. The van der Waals surface area contributed by atoms with Crippen molar-refractivity contribution in [2.45, 2.75) is 12.4 Å². The lowest BCUT2D eigenvalue weighted by Gasteiger charge is -2.17. The molecule has 1 heterocycles. The number of benzene rings is 1. The van der Waals surface area contributed by atoms with E-state index in [0.717, 1.165) is 18.3 Å². The molecule has 1 aromatic carbocycles. The van der Waals surface area contributed by atoms with Gasteiger partial charge in [0.15, 0.2) is 6.26 Å². The Hall–Kier alpha value is -1.99. The van der Waals surface area contributed by atoms with Crippen LogP contribution in [0.5, 0.6) is 0 Å². The third kappa shape index (κ3) is 2.56. The van der Waals surface area contributed by atoms with E-state index in [-0.39, 0.29) is 0 Å². The number of hydrogen-bond acceptors (Lipinski definition) is 2. The fourth-order valence-electron chi connectivity index (χ4n) is 1.59. The summed E-state index contributed by atoms with van der Waals surface area (Å²) in [5.41, 5.74) is -4.38. The zero-order valence-corrected chi connectivity index (χ0v) is 8.93. The van der Waals surface area contributed by atoms with E-state index in [0.29, 0.717) is 6.07 Å². The van der Waals surface area contributed by atoms with Crippen LogP contribution in [0.1, 0.15) is 11.1 Å². The molecule has 0 amide bonds. The van der Waals surface area contributed by atoms with Gasteiger partial charge in [-0.25, -0.2) is 4.98 Å². The summed E-state index contributed by atoms with van der Waals surface area (Å²) in [5, 5.41) is 0. The molecule has 2 rings (SSSR count). The number of alkyl halides is 6. The fraction of sp³-hybridized carbons (Fsp3) is 0.182. The zero-order valence-electron chi connectivity index (χ0n) is 8.93. The highest BCUT2D eigenvalue weighted by Crippen LogP contribution is 2.44. The number of halogens is 6. The minimum absolute atomic E-state index is 0.360. The molecule has 0 unspecified atom stereocenters. The van der Waals surface area contributed by atoms with Crippen LogP contribution in [-0.4, -0.2) is 4.98 Å². The molecule has 2 nitrogen and oxygen atoms in total. The van der Waals surface area contributed by atoms with Crippen LogP contribution in [0.4, 0.5) is 26.3 Å². The van der Waals surface area contributed by atoms with Gasteiger partial charge in [-0.1, -0.05) is 6.07 Å². The average Bonchev–Trinajstić information content (AvgIpc) is 2.79. The van der Waals surface area contributed by atoms with Gasteiger partial charge in [-0.15, -0.1) is 0 Å². The predicted molar refractivity (Wildman–Crippen MR) is 50.8 cm³/mol. The zero-order chi connectivity index (χ0) is 14.3. The first-order valence-electron chi connectivity index (χ1n) is 4.81. The molecule has 1 aromatic heterocycles. The lowest BCUT2D eigenvalue weighted by Crippen LogP contribution is -2.17. The smallest absolute Gasteiger partial charge is 0.417 e. The summed E-state index contributed by atoms with van der Waals surface area (Å²) >= 11 is 0. The number of rotatable bonds is 1. The minimum atomic E-state index is -5.18. The second kappa shape index (κ2) is 4.29. The van der Waals surface area contributed by atoms with Gasteiger partial charge in [-0.3, -0.25) is 0 Å². The average molecular weight is 280 g/mol. The topological polar surface area (TPSA) is 26.0 Å². The molecule has 0 atom stereocenters. The molecule has 0 bridgehead atoms. The predicted octanol–water partition coefficient (Wildman–Crippen LogP) is 4.18. The van der Waals surface area contributed by atoms with E-state index >= 15 is 0 Å². The number of hydrogen-bond donors (Lipinski definition) is 0. The maximum absolute atomic E-state index is 12.9. The van der Waals surface area contributed by atoms with Crippen LogP contribution in [0, 0.1) is 6.26 Å². The summed E-state index contributed by atoms with van der Waals surface area (Å²) in [6.45, 7) is 0. The van der Waals surface area contributed by atoms with Gasteiger partial charge in [0.25, 0.3) is 0 Å². The van der Waals surface area contributed by atoms with Gasteiger partial charge < -0.3 is 4.42 Å². The fourth-order valence-corrected chi connectivity index (χ4v) is 1.59. The Morgan fingerprint density at radius 2 is 1.68 bits per heavy atom. The molecule has 1 radical (unpaired) electrons. The Kier molecular flexibility index (Phi) is 3.03. The molecular formula is C11H4F6NO. The Bertz CT molecular complexity index is 570. The van der Waals surface area contributed by atoms with Crippen molar-refractivity contribution >= 4 is 0 Å². The van der Waals surface area contributed by atoms with Crippen molar-refractivity contribution in [1.82, 2.24) is 4.98 Å². The molecule has 0 spiro atoms.